The van der Waals surface area contributed by atoms with E-state index in [4.69, 9.17) is 0 Å². The van der Waals surface area contributed by atoms with Gasteiger partial charge in [0, 0.05) is 0 Å². The molecule has 23 heavy (non-hydrogen) atoms. The number of hydrogen-bond donors (Lipinski definition) is 0. The zero-order chi connectivity index (χ0) is 16.6. The van der Waals surface area contributed by atoms with Crippen LogP contribution in [-0.4, -0.2) is 6.36 Å². The fourth-order valence-corrected chi connectivity index (χ4v) is 4.51. The third-order valence-corrected chi connectivity index (χ3v) is 5.42. The Morgan fingerprint density at radius 3 is 2.65 bits per heavy atom. The second kappa shape index (κ2) is 6.33. The fraction of sp³-hybridized carbons (Fsp3) is 0.667. The van der Waals surface area contributed by atoms with Gasteiger partial charge in [0.1, 0.15) is 0 Å². The molecule has 5 heteroatoms. The van der Waals surface area contributed by atoms with Crippen molar-refractivity contribution in [3.63, 3.8) is 0 Å². The molecule has 3 rings (SSSR count). The number of fused-ring (bicyclic) bond motifs is 3. The van der Waals surface area contributed by atoms with Gasteiger partial charge in [-0.3, -0.25) is 0 Å². The average molecular weight is 330 g/mol. The third kappa shape index (κ3) is 3.48. The van der Waals surface area contributed by atoms with E-state index >= 15 is 0 Å². The summed E-state index contributed by atoms with van der Waals surface area (Å²) in [7, 11) is 0. The first-order chi connectivity index (χ1) is 10.9. The van der Waals surface area contributed by atoms with E-state index in [-0.39, 0.29) is 0 Å². The van der Waals surface area contributed by atoms with Gasteiger partial charge in [0.25, 0.3) is 0 Å². The second-order valence-electron chi connectivity index (χ2n) is 6.87. The quantitative estimate of drug-likeness (QED) is 0.620. The molecule has 1 saturated carbocycles. The van der Waals surface area contributed by atoms with E-state index in [0.717, 1.165) is 36.8 Å². The highest BCUT2D eigenvalue weighted by molar-refractivity contribution is 5.42. The fourth-order valence-electron chi connectivity index (χ4n) is 4.51. The smallest absolute Gasteiger partial charge is 0.403 e. The van der Waals surface area contributed by atoms with Gasteiger partial charge in [0.2, 0.25) is 0 Å². The number of hydrogen-bond acceptors (Lipinski definition) is 1. The summed E-state index contributed by atoms with van der Waals surface area (Å²) in [6.45, 7) is 2.19. The maximum absolute atomic E-state index is 14.4. The Morgan fingerprint density at radius 1 is 1.17 bits per heavy atom. The van der Waals surface area contributed by atoms with Gasteiger partial charge >= 0.3 is 6.36 Å². The minimum absolute atomic E-state index is 0.293. The minimum atomic E-state index is -4.86. The molecule has 128 valence electrons. The molecular formula is C18H22F4O. The Kier molecular flexibility index (Phi) is 4.56. The molecule has 1 aromatic rings. The van der Waals surface area contributed by atoms with Crippen LogP contribution in [0.1, 0.15) is 62.5 Å². The van der Waals surface area contributed by atoms with E-state index in [1.165, 1.54) is 19.3 Å². The van der Waals surface area contributed by atoms with E-state index in [0.29, 0.717) is 23.8 Å². The lowest BCUT2D eigenvalue weighted by atomic mass is 9.64. The monoisotopic (exact) mass is 330 g/mol. The van der Waals surface area contributed by atoms with Gasteiger partial charge in [0.15, 0.2) is 11.6 Å². The van der Waals surface area contributed by atoms with Crippen molar-refractivity contribution in [2.75, 3.05) is 0 Å². The van der Waals surface area contributed by atoms with E-state index in [9.17, 15) is 17.6 Å². The van der Waals surface area contributed by atoms with Crippen molar-refractivity contribution in [1.29, 1.82) is 0 Å². The molecule has 1 fully saturated rings. The lowest BCUT2D eigenvalue weighted by molar-refractivity contribution is -0.275. The van der Waals surface area contributed by atoms with Gasteiger partial charge in [-0.05, 0) is 67.1 Å². The van der Waals surface area contributed by atoms with Crippen LogP contribution in [0.5, 0.6) is 5.75 Å². The van der Waals surface area contributed by atoms with E-state index in [2.05, 4.69) is 11.7 Å². The van der Waals surface area contributed by atoms with Crippen LogP contribution in [-0.2, 0) is 6.42 Å². The standard InChI is InChI=1S/C18H22F4O/c1-2-3-11-4-6-13-12(10-11)5-7-15-14(13)8-9-16(17(15)19)23-18(20,21)22/h8-9,11-13H,2-7,10H2,1H3/t11-,12-,13+/m1/s1. The maximum atomic E-state index is 14.4. The predicted molar refractivity (Wildman–Crippen MR) is 79.9 cm³/mol. The van der Waals surface area contributed by atoms with Crippen molar-refractivity contribution in [1.82, 2.24) is 0 Å². The Balaban J connectivity index is 1.83. The van der Waals surface area contributed by atoms with Gasteiger partial charge in [-0.1, -0.05) is 25.8 Å². The number of benzene rings is 1. The van der Waals surface area contributed by atoms with E-state index in [1.54, 1.807) is 6.07 Å². The molecular weight excluding hydrogens is 308 g/mol. The maximum Gasteiger partial charge on any atom is 0.573 e. The molecule has 2 aliphatic carbocycles. The van der Waals surface area contributed by atoms with Crippen molar-refractivity contribution in [3.05, 3.63) is 29.1 Å². The molecule has 0 spiro atoms. The lowest BCUT2D eigenvalue weighted by Gasteiger charge is -2.40. The van der Waals surface area contributed by atoms with Crippen LogP contribution in [0.2, 0.25) is 0 Å². The van der Waals surface area contributed by atoms with E-state index in [1.807, 2.05) is 0 Å². The summed E-state index contributed by atoms with van der Waals surface area (Å²) >= 11 is 0. The molecule has 1 nitrogen and oxygen atoms in total. The number of rotatable bonds is 3. The van der Waals surface area contributed by atoms with Crippen LogP contribution in [0, 0.1) is 17.7 Å². The summed E-state index contributed by atoms with van der Waals surface area (Å²) in [5.74, 6) is 0.0617. The van der Waals surface area contributed by atoms with Crippen LogP contribution < -0.4 is 4.74 Å². The van der Waals surface area contributed by atoms with Gasteiger partial charge in [-0.25, -0.2) is 4.39 Å². The van der Waals surface area contributed by atoms with Crippen molar-refractivity contribution >= 4 is 0 Å². The molecule has 2 aliphatic rings. The van der Waals surface area contributed by atoms with Crippen LogP contribution in [0.15, 0.2) is 12.1 Å². The summed E-state index contributed by atoms with van der Waals surface area (Å²) in [6.07, 6.45) is 2.26. The summed E-state index contributed by atoms with van der Waals surface area (Å²) in [4.78, 5) is 0. The highest BCUT2D eigenvalue weighted by Gasteiger charge is 2.38. The molecule has 3 atom stereocenters. The Bertz CT molecular complexity index is 567. The largest absolute Gasteiger partial charge is 0.573 e. The lowest BCUT2D eigenvalue weighted by Crippen LogP contribution is -2.29. The third-order valence-electron chi connectivity index (χ3n) is 5.42. The van der Waals surface area contributed by atoms with Crippen LogP contribution >= 0.6 is 0 Å². The first kappa shape index (κ1) is 16.6. The average Bonchev–Trinajstić information content (AvgIpc) is 2.48. The van der Waals surface area contributed by atoms with Crippen LogP contribution in [0.4, 0.5) is 17.6 Å². The predicted octanol–water partition coefficient (Wildman–Crippen LogP) is 5.97. The number of ether oxygens (including phenoxy) is 1. The molecule has 0 N–H and O–H groups in total. The minimum Gasteiger partial charge on any atom is -0.403 e. The Morgan fingerprint density at radius 2 is 1.96 bits per heavy atom. The van der Waals surface area contributed by atoms with Crippen molar-refractivity contribution in [3.8, 4) is 5.75 Å². The molecule has 0 heterocycles. The molecule has 0 unspecified atom stereocenters. The van der Waals surface area contributed by atoms with Crippen molar-refractivity contribution in [2.45, 2.75) is 64.1 Å². The molecule has 1 aromatic carbocycles. The van der Waals surface area contributed by atoms with Crippen molar-refractivity contribution in [2.24, 2.45) is 11.8 Å². The van der Waals surface area contributed by atoms with Crippen LogP contribution in [0.3, 0.4) is 0 Å². The van der Waals surface area contributed by atoms with E-state index < -0.39 is 17.9 Å². The molecule has 0 saturated heterocycles. The molecule has 0 amide bonds. The molecule has 0 radical (unpaired) electrons. The zero-order valence-electron chi connectivity index (χ0n) is 13.3. The highest BCUT2D eigenvalue weighted by atomic mass is 19.4. The van der Waals surface area contributed by atoms with Crippen LogP contribution in [0.25, 0.3) is 0 Å². The van der Waals surface area contributed by atoms with Crippen molar-refractivity contribution < 1.29 is 22.3 Å². The van der Waals surface area contributed by atoms with Gasteiger partial charge in [-0.15, -0.1) is 13.2 Å². The second-order valence-corrected chi connectivity index (χ2v) is 6.87. The molecule has 0 aromatic heterocycles. The summed E-state index contributed by atoms with van der Waals surface area (Å²) in [5.41, 5.74) is 1.34. The molecule has 0 aliphatic heterocycles. The SMILES string of the molecule is CCC[C@@H]1CC[C@@H]2c3ccc(OC(F)(F)F)c(F)c3CC[C@@H]2C1. The number of alkyl halides is 3. The first-order valence-corrected chi connectivity index (χ1v) is 8.46. The van der Waals surface area contributed by atoms with Gasteiger partial charge in [0.05, 0.1) is 0 Å². The van der Waals surface area contributed by atoms with Gasteiger partial charge < -0.3 is 4.74 Å². The summed E-state index contributed by atoms with van der Waals surface area (Å²) in [5, 5.41) is 0. The number of halogens is 4. The first-order valence-electron chi connectivity index (χ1n) is 8.46. The summed E-state index contributed by atoms with van der Waals surface area (Å²) < 4.78 is 55.3. The Labute approximate surface area is 134 Å². The zero-order valence-corrected chi connectivity index (χ0v) is 13.3. The highest BCUT2D eigenvalue weighted by Crippen LogP contribution is 2.49. The normalized spacial score (nSPS) is 27.3. The Hall–Kier alpha value is -1.26. The topological polar surface area (TPSA) is 9.23 Å². The summed E-state index contributed by atoms with van der Waals surface area (Å²) in [6, 6.07) is 2.79. The van der Waals surface area contributed by atoms with Gasteiger partial charge in [-0.2, -0.15) is 0 Å². The molecule has 0 bridgehead atoms.